The first-order chi connectivity index (χ1) is 11.6. The minimum Gasteiger partial charge on any atom is -0.493 e. The summed E-state index contributed by atoms with van der Waals surface area (Å²) in [6.45, 7) is 4.15. The molecule has 1 atom stereocenters. The number of methoxy groups -OCH3 is 1. The number of likely N-dealkylation sites (N-methyl/N-ethyl adjacent to an activating group) is 1. The van der Waals surface area contributed by atoms with Gasteiger partial charge in [-0.1, -0.05) is 12.1 Å². The molecule has 2 heterocycles. The summed E-state index contributed by atoms with van der Waals surface area (Å²) in [5, 5.41) is 0. The molecule has 132 valence electrons. The van der Waals surface area contributed by atoms with Crippen LogP contribution in [0.25, 0.3) is 0 Å². The van der Waals surface area contributed by atoms with Crippen LogP contribution in [-0.4, -0.2) is 68.4 Å². The van der Waals surface area contributed by atoms with Crippen molar-refractivity contribution in [2.45, 2.75) is 24.9 Å². The number of rotatable bonds is 6. The van der Waals surface area contributed by atoms with Gasteiger partial charge < -0.3 is 19.1 Å². The molecule has 24 heavy (non-hydrogen) atoms. The molecule has 1 aromatic carbocycles. The SMILES string of the molecule is COc1ccccc1OCCCN1CCC[C@]2(C1)CN(C)C(=O)O2. The summed E-state index contributed by atoms with van der Waals surface area (Å²) in [5.74, 6) is 1.54. The molecular weight excluding hydrogens is 308 g/mol. The van der Waals surface area contributed by atoms with E-state index in [0.717, 1.165) is 50.4 Å². The van der Waals surface area contributed by atoms with Crippen molar-refractivity contribution in [2.24, 2.45) is 0 Å². The van der Waals surface area contributed by atoms with Crippen molar-refractivity contribution in [3.63, 3.8) is 0 Å². The molecule has 0 N–H and O–H groups in total. The number of hydrogen-bond donors (Lipinski definition) is 0. The monoisotopic (exact) mass is 334 g/mol. The van der Waals surface area contributed by atoms with Gasteiger partial charge in [0.25, 0.3) is 0 Å². The normalized spacial score (nSPS) is 24.2. The Bertz CT molecular complexity index is 580. The molecule has 0 bridgehead atoms. The summed E-state index contributed by atoms with van der Waals surface area (Å²) < 4.78 is 16.7. The molecule has 0 aliphatic carbocycles. The first-order valence-corrected chi connectivity index (χ1v) is 8.54. The summed E-state index contributed by atoms with van der Waals surface area (Å²) in [7, 11) is 3.45. The highest BCUT2D eigenvalue weighted by molar-refractivity contribution is 5.70. The number of amides is 1. The smallest absolute Gasteiger partial charge is 0.410 e. The van der Waals surface area contributed by atoms with E-state index in [-0.39, 0.29) is 11.7 Å². The van der Waals surface area contributed by atoms with Crippen LogP contribution in [0.15, 0.2) is 24.3 Å². The second-order valence-electron chi connectivity index (χ2n) is 6.64. The van der Waals surface area contributed by atoms with Crippen molar-refractivity contribution in [1.29, 1.82) is 0 Å². The highest BCUT2D eigenvalue weighted by atomic mass is 16.6. The lowest BCUT2D eigenvalue weighted by molar-refractivity contribution is -0.00980. The molecule has 6 heteroatoms. The van der Waals surface area contributed by atoms with E-state index in [0.29, 0.717) is 13.2 Å². The van der Waals surface area contributed by atoms with Crippen molar-refractivity contribution in [3.05, 3.63) is 24.3 Å². The Labute approximate surface area is 143 Å². The molecule has 6 nitrogen and oxygen atoms in total. The van der Waals surface area contributed by atoms with Crippen molar-refractivity contribution in [3.8, 4) is 11.5 Å². The predicted octanol–water partition coefficient (Wildman–Crippen LogP) is 2.38. The second kappa shape index (κ2) is 7.30. The molecule has 2 fully saturated rings. The number of hydrogen-bond acceptors (Lipinski definition) is 5. The summed E-state index contributed by atoms with van der Waals surface area (Å²) in [5.41, 5.74) is -0.312. The van der Waals surface area contributed by atoms with E-state index in [2.05, 4.69) is 4.90 Å². The van der Waals surface area contributed by atoms with Crippen molar-refractivity contribution in [2.75, 3.05) is 46.9 Å². The highest BCUT2D eigenvalue weighted by Gasteiger charge is 2.46. The Morgan fingerprint density at radius 1 is 1.25 bits per heavy atom. The van der Waals surface area contributed by atoms with E-state index < -0.39 is 0 Å². The minimum atomic E-state index is -0.312. The summed E-state index contributed by atoms with van der Waals surface area (Å²) >= 11 is 0. The summed E-state index contributed by atoms with van der Waals surface area (Å²) in [6.07, 6.45) is 2.75. The van der Waals surface area contributed by atoms with Crippen LogP contribution in [-0.2, 0) is 4.74 Å². The van der Waals surface area contributed by atoms with E-state index in [4.69, 9.17) is 14.2 Å². The fourth-order valence-corrected chi connectivity index (χ4v) is 3.59. The third kappa shape index (κ3) is 3.75. The fraction of sp³-hybridized carbons (Fsp3) is 0.611. The van der Waals surface area contributed by atoms with Gasteiger partial charge in [-0.2, -0.15) is 0 Å². The van der Waals surface area contributed by atoms with Gasteiger partial charge in [-0.3, -0.25) is 4.90 Å². The molecule has 1 aromatic rings. The van der Waals surface area contributed by atoms with Gasteiger partial charge in [0.15, 0.2) is 11.5 Å². The number of benzene rings is 1. The zero-order chi connectivity index (χ0) is 17.0. The maximum absolute atomic E-state index is 11.7. The van der Waals surface area contributed by atoms with Gasteiger partial charge in [0.2, 0.25) is 0 Å². The standard InChI is InChI=1S/C18H26N2O4/c1-19-13-18(24-17(19)21)9-5-10-20(14-18)11-6-12-23-16-8-4-3-7-15(16)22-2/h3-4,7-8H,5-6,9-14H2,1-2H3/t18-/m1/s1. The second-order valence-corrected chi connectivity index (χ2v) is 6.64. The van der Waals surface area contributed by atoms with Crippen LogP contribution >= 0.6 is 0 Å². The molecule has 0 saturated carbocycles. The van der Waals surface area contributed by atoms with E-state index in [1.165, 1.54) is 0 Å². The number of likely N-dealkylation sites (tertiary alicyclic amines) is 1. The zero-order valence-electron chi connectivity index (χ0n) is 14.5. The van der Waals surface area contributed by atoms with Gasteiger partial charge in [-0.15, -0.1) is 0 Å². The average Bonchev–Trinajstić information content (AvgIpc) is 2.85. The van der Waals surface area contributed by atoms with Gasteiger partial charge in [-0.05, 0) is 37.9 Å². The zero-order valence-corrected chi connectivity index (χ0v) is 14.5. The van der Waals surface area contributed by atoms with Gasteiger partial charge in [0.1, 0.15) is 5.60 Å². The first-order valence-electron chi connectivity index (χ1n) is 8.54. The Hall–Kier alpha value is -1.95. The molecule has 1 spiro atoms. The van der Waals surface area contributed by atoms with Crippen molar-refractivity contribution >= 4 is 6.09 Å². The molecule has 2 aliphatic rings. The predicted molar refractivity (Wildman–Crippen MR) is 90.6 cm³/mol. The van der Waals surface area contributed by atoms with Gasteiger partial charge in [0, 0.05) is 20.1 Å². The Kier molecular flexibility index (Phi) is 5.14. The first kappa shape index (κ1) is 16.9. The van der Waals surface area contributed by atoms with E-state index in [1.54, 1.807) is 19.1 Å². The molecule has 0 radical (unpaired) electrons. The number of ether oxygens (including phenoxy) is 3. The Balaban J connectivity index is 1.44. The lowest BCUT2D eigenvalue weighted by Gasteiger charge is -2.38. The highest BCUT2D eigenvalue weighted by Crippen LogP contribution is 2.31. The number of para-hydroxylation sites is 2. The van der Waals surface area contributed by atoms with Crippen LogP contribution < -0.4 is 9.47 Å². The van der Waals surface area contributed by atoms with Crippen LogP contribution in [0.5, 0.6) is 11.5 Å². The quantitative estimate of drug-likeness (QED) is 0.748. The Morgan fingerprint density at radius 3 is 2.75 bits per heavy atom. The molecule has 0 aromatic heterocycles. The van der Waals surface area contributed by atoms with Crippen LogP contribution in [0, 0.1) is 0 Å². The van der Waals surface area contributed by atoms with Crippen LogP contribution in [0.3, 0.4) is 0 Å². The van der Waals surface area contributed by atoms with Crippen molar-refractivity contribution in [1.82, 2.24) is 9.80 Å². The number of carbonyl (C=O) groups excluding carboxylic acids is 1. The van der Waals surface area contributed by atoms with Gasteiger partial charge >= 0.3 is 6.09 Å². The average molecular weight is 334 g/mol. The third-order valence-corrected chi connectivity index (χ3v) is 4.70. The lowest BCUT2D eigenvalue weighted by Crippen LogP contribution is -2.50. The molecule has 3 rings (SSSR count). The number of carbonyl (C=O) groups is 1. The summed E-state index contributed by atoms with van der Waals surface area (Å²) in [4.78, 5) is 15.7. The maximum atomic E-state index is 11.7. The number of piperidine rings is 1. The molecular formula is C18H26N2O4. The van der Waals surface area contributed by atoms with Crippen molar-refractivity contribution < 1.29 is 19.0 Å². The molecule has 0 unspecified atom stereocenters. The lowest BCUT2D eigenvalue weighted by atomic mass is 9.93. The minimum absolute atomic E-state index is 0.198. The van der Waals surface area contributed by atoms with E-state index >= 15 is 0 Å². The van der Waals surface area contributed by atoms with Crippen LogP contribution in [0.4, 0.5) is 4.79 Å². The fourth-order valence-electron chi connectivity index (χ4n) is 3.59. The van der Waals surface area contributed by atoms with Gasteiger partial charge in [0.05, 0.1) is 20.3 Å². The third-order valence-electron chi connectivity index (χ3n) is 4.70. The Morgan fingerprint density at radius 2 is 2.04 bits per heavy atom. The number of nitrogens with zero attached hydrogens (tertiary/aromatic N) is 2. The largest absolute Gasteiger partial charge is 0.493 e. The van der Waals surface area contributed by atoms with Crippen LogP contribution in [0.1, 0.15) is 19.3 Å². The molecule has 2 saturated heterocycles. The summed E-state index contributed by atoms with van der Waals surface area (Å²) in [6, 6.07) is 7.69. The van der Waals surface area contributed by atoms with Crippen LogP contribution in [0.2, 0.25) is 0 Å². The molecule has 2 aliphatic heterocycles. The van der Waals surface area contributed by atoms with E-state index in [1.807, 2.05) is 24.3 Å². The van der Waals surface area contributed by atoms with Gasteiger partial charge in [-0.25, -0.2) is 4.79 Å². The molecule has 1 amide bonds. The topological polar surface area (TPSA) is 51.2 Å². The maximum Gasteiger partial charge on any atom is 0.410 e. The van der Waals surface area contributed by atoms with E-state index in [9.17, 15) is 4.79 Å².